The molecule has 1 heterocycles. The van der Waals surface area contributed by atoms with E-state index in [1.54, 1.807) is 0 Å². The second-order valence-electron chi connectivity index (χ2n) is 4.73. The molecule has 2 N–H and O–H groups in total. The van der Waals surface area contributed by atoms with E-state index >= 15 is 0 Å². The van der Waals surface area contributed by atoms with Crippen molar-refractivity contribution in [1.82, 2.24) is 10.6 Å². The summed E-state index contributed by atoms with van der Waals surface area (Å²) in [6.07, 6.45) is 3.27. The number of piperidine rings is 1. The molecule has 4 heteroatoms. The molecule has 0 radical (unpaired) electrons. The lowest BCUT2D eigenvalue weighted by atomic mass is 9.96. The molecule has 1 rings (SSSR count). The smallest absolute Gasteiger partial charge is 0.224 e. The SMILES string of the molecule is CCC(C)C(C)NC(=O)C1CCCNC1.Cl. The molecular formula is C12H25ClN2O. The average Bonchev–Trinajstić information content (AvgIpc) is 2.29. The van der Waals surface area contributed by atoms with Crippen LogP contribution in [0.25, 0.3) is 0 Å². The second kappa shape index (κ2) is 7.91. The zero-order valence-electron chi connectivity index (χ0n) is 10.6. The van der Waals surface area contributed by atoms with E-state index < -0.39 is 0 Å². The van der Waals surface area contributed by atoms with Crippen molar-refractivity contribution in [2.45, 2.75) is 46.1 Å². The van der Waals surface area contributed by atoms with Gasteiger partial charge in [-0.3, -0.25) is 4.79 Å². The maximum atomic E-state index is 11.9. The van der Waals surface area contributed by atoms with Crippen LogP contribution >= 0.6 is 12.4 Å². The predicted molar refractivity (Wildman–Crippen MR) is 69.9 cm³/mol. The minimum Gasteiger partial charge on any atom is -0.353 e. The maximum Gasteiger partial charge on any atom is 0.224 e. The first-order chi connectivity index (χ1) is 7.15. The zero-order chi connectivity index (χ0) is 11.3. The van der Waals surface area contributed by atoms with Crippen LogP contribution in [0.5, 0.6) is 0 Å². The van der Waals surface area contributed by atoms with Gasteiger partial charge in [-0.05, 0) is 32.2 Å². The van der Waals surface area contributed by atoms with Crippen molar-refractivity contribution in [3.05, 3.63) is 0 Å². The summed E-state index contributed by atoms with van der Waals surface area (Å²) < 4.78 is 0. The molecule has 0 aromatic heterocycles. The molecule has 3 nitrogen and oxygen atoms in total. The van der Waals surface area contributed by atoms with Crippen molar-refractivity contribution < 1.29 is 4.79 Å². The number of rotatable bonds is 4. The van der Waals surface area contributed by atoms with Crippen molar-refractivity contribution in [2.75, 3.05) is 13.1 Å². The van der Waals surface area contributed by atoms with Crippen LogP contribution in [-0.4, -0.2) is 25.0 Å². The van der Waals surface area contributed by atoms with Gasteiger partial charge in [-0.2, -0.15) is 0 Å². The number of hydrogen-bond acceptors (Lipinski definition) is 2. The maximum absolute atomic E-state index is 11.9. The fourth-order valence-corrected chi connectivity index (χ4v) is 1.91. The van der Waals surface area contributed by atoms with Crippen LogP contribution < -0.4 is 10.6 Å². The third kappa shape index (κ3) is 4.71. The monoisotopic (exact) mass is 248 g/mol. The van der Waals surface area contributed by atoms with Gasteiger partial charge in [-0.15, -0.1) is 12.4 Å². The molecule has 1 aliphatic heterocycles. The summed E-state index contributed by atoms with van der Waals surface area (Å²) in [6.45, 7) is 8.35. The van der Waals surface area contributed by atoms with E-state index in [2.05, 4.69) is 31.4 Å². The molecule has 1 fully saturated rings. The Bertz CT molecular complexity index is 205. The third-order valence-electron chi connectivity index (χ3n) is 3.54. The Morgan fingerprint density at radius 1 is 1.50 bits per heavy atom. The Kier molecular flexibility index (Phi) is 7.77. The Morgan fingerprint density at radius 2 is 2.19 bits per heavy atom. The van der Waals surface area contributed by atoms with Gasteiger partial charge in [-0.1, -0.05) is 20.3 Å². The van der Waals surface area contributed by atoms with Crippen molar-refractivity contribution in [2.24, 2.45) is 11.8 Å². The molecule has 16 heavy (non-hydrogen) atoms. The number of halogens is 1. The molecular weight excluding hydrogens is 224 g/mol. The van der Waals surface area contributed by atoms with Gasteiger partial charge in [0, 0.05) is 12.6 Å². The van der Waals surface area contributed by atoms with Crippen LogP contribution in [0.3, 0.4) is 0 Å². The second-order valence-corrected chi connectivity index (χ2v) is 4.73. The van der Waals surface area contributed by atoms with E-state index in [1.165, 1.54) is 0 Å². The number of carbonyl (C=O) groups is 1. The Labute approximate surface area is 105 Å². The van der Waals surface area contributed by atoms with Gasteiger partial charge in [0.25, 0.3) is 0 Å². The lowest BCUT2D eigenvalue weighted by molar-refractivity contribution is -0.126. The summed E-state index contributed by atoms with van der Waals surface area (Å²) in [4.78, 5) is 11.9. The number of nitrogens with one attached hydrogen (secondary N) is 2. The van der Waals surface area contributed by atoms with Crippen LogP contribution in [0.1, 0.15) is 40.0 Å². The lowest BCUT2D eigenvalue weighted by Crippen LogP contribution is -2.45. The van der Waals surface area contributed by atoms with E-state index in [-0.39, 0.29) is 24.2 Å². The standard InChI is InChI=1S/C12H24N2O.ClH/c1-4-9(2)10(3)14-12(15)11-6-5-7-13-8-11;/h9-11,13H,4-8H2,1-3H3,(H,14,15);1H. The molecule has 0 aromatic rings. The molecule has 0 spiro atoms. The first-order valence-electron chi connectivity index (χ1n) is 6.16. The minimum atomic E-state index is 0. The highest BCUT2D eigenvalue weighted by Gasteiger charge is 2.23. The summed E-state index contributed by atoms with van der Waals surface area (Å²) in [6, 6.07) is 0.296. The van der Waals surface area contributed by atoms with E-state index in [0.29, 0.717) is 12.0 Å². The van der Waals surface area contributed by atoms with E-state index in [9.17, 15) is 4.79 Å². The summed E-state index contributed by atoms with van der Waals surface area (Å²) >= 11 is 0. The van der Waals surface area contributed by atoms with Gasteiger partial charge in [0.05, 0.1) is 5.92 Å². The van der Waals surface area contributed by atoms with E-state index in [0.717, 1.165) is 32.4 Å². The summed E-state index contributed by atoms with van der Waals surface area (Å²) in [5.74, 6) is 0.978. The number of amides is 1. The lowest BCUT2D eigenvalue weighted by Gasteiger charge is -2.26. The first kappa shape index (κ1) is 15.7. The van der Waals surface area contributed by atoms with Crippen LogP contribution in [0, 0.1) is 11.8 Å². The van der Waals surface area contributed by atoms with Gasteiger partial charge >= 0.3 is 0 Å². The normalized spacial score (nSPS) is 24.1. The quantitative estimate of drug-likeness (QED) is 0.799. The Hall–Kier alpha value is -0.280. The number of hydrogen-bond donors (Lipinski definition) is 2. The first-order valence-corrected chi connectivity index (χ1v) is 6.16. The molecule has 96 valence electrons. The van der Waals surface area contributed by atoms with Crippen LogP contribution in [-0.2, 0) is 4.79 Å². The molecule has 1 saturated heterocycles. The largest absolute Gasteiger partial charge is 0.353 e. The molecule has 3 atom stereocenters. The average molecular weight is 249 g/mol. The van der Waals surface area contributed by atoms with E-state index in [1.807, 2.05) is 0 Å². The number of carbonyl (C=O) groups excluding carboxylic acids is 1. The van der Waals surface area contributed by atoms with Gasteiger partial charge in [-0.25, -0.2) is 0 Å². The molecule has 0 saturated carbocycles. The van der Waals surface area contributed by atoms with Gasteiger partial charge in [0.1, 0.15) is 0 Å². The molecule has 1 aliphatic rings. The highest BCUT2D eigenvalue weighted by Crippen LogP contribution is 2.12. The predicted octanol–water partition coefficient (Wildman–Crippen LogP) is 1.96. The van der Waals surface area contributed by atoms with E-state index in [4.69, 9.17) is 0 Å². The summed E-state index contributed by atoms with van der Waals surface area (Å²) in [7, 11) is 0. The van der Waals surface area contributed by atoms with Crippen molar-refractivity contribution in [3.63, 3.8) is 0 Å². The van der Waals surface area contributed by atoms with Crippen LogP contribution in [0.4, 0.5) is 0 Å². The van der Waals surface area contributed by atoms with Crippen molar-refractivity contribution in [1.29, 1.82) is 0 Å². The molecule has 0 bridgehead atoms. The Morgan fingerprint density at radius 3 is 2.69 bits per heavy atom. The Balaban J connectivity index is 0.00000225. The van der Waals surface area contributed by atoms with Crippen molar-refractivity contribution >= 4 is 18.3 Å². The summed E-state index contributed by atoms with van der Waals surface area (Å²) in [5, 5.41) is 6.39. The molecule has 1 amide bonds. The fourth-order valence-electron chi connectivity index (χ4n) is 1.91. The molecule has 0 aromatic carbocycles. The van der Waals surface area contributed by atoms with Gasteiger partial charge < -0.3 is 10.6 Å². The molecule has 3 unspecified atom stereocenters. The highest BCUT2D eigenvalue weighted by molar-refractivity contribution is 5.85. The minimum absolute atomic E-state index is 0. The van der Waals surface area contributed by atoms with Gasteiger partial charge in [0.2, 0.25) is 5.91 Å². The summed E-state index contributed by atoms with van der Waals surface area (Å²) in [5.41, 5.74) is 0. The highest BCUT2D eigenvalue weighted by atomic mass is 35.5. The van der Waals surface area contributed by atoms with Crippen LogP contribution in [0.15, 0.2) is 0 Å². The third-order valence-corrected chi connectivity index (χ3v) is 3.54. The topological polar surface area (TPSA) is 41.1 Å². The fraction of sp³-hybridized carbons (Fsp3) is 0.917. The van der Waals surface area contributed by atoms with Crippen LogP contribution in [0.2, 0.25) is 0 Å². The molecule has 0 aliphatic carbocycles. The van der Waals surface area contributed by atoms with Gasteiger partial charge in [0.15, 0.2) is 0 Å². The zero-order valence-corrected chi connectivity index (χ0v) is 11.4. The van der Waals surface area contributed by atoms with Crippen molar-refractivity contribution in [3.8, 4) is 0 Å².